The maximum Gasteiger partial charge on any atom is 0.119 e. The first-order chi connectivity index (χ1) is 12.0. The van der Waals surface area contributed by atoms with Crippen molar-refractivity contribution in [3.8, 4) is 5.75 Å². The molecule has 3 heteroatoms. The molecule has 2 aromatic carbocycles. The Kier molecular flexibility index (Phi) is 5.77. The van der Waals surface area contributed by atoms with Crippen LogP contribution in [0.15, 0.2) is 48.5 Å². The minimum Gasteiger partial charge on any atom is -0.491 e. The van der Waals surface area contributed by atoms with Crippen LogP contribution in [-0.2, 0) is 6.54 Å². The van der Waals surface area contributed by atoms with E-state index in [1.165, 1.54) is 16.7 Å². The number of aliphatic hydroxyl groups is 1. The third-order valence-corrected chi connectivity index (χ3v) is 5.24. The molecule has 25 heavy (non-hydrogen) atoms. The third kappa shape index (κ3) is 5.07. The quantitative estimate of drug-likeness (QED) is 0.890. The normalized spacial score (nSPS) is 21.7. The Morgan fingerprint density at radius 1 is 1.00 bits per heavy atom. The Morgan fingerprint density at radius 2 is 1.80 bits per heavy atom. The summed E-state index contributed by atoms with van der Waals surface area (Å²) in [7, 11) is 0. The maximum atomic E-state index is 11.0. The summed E-state index contributed by atoms with van der Waals surface area (Å²) in [5.41, 5.74) is 3.08. The fourth-order valence-corrected chi connectivity index (χ4v) is 3.40. The van der Waals surface area contributed by atoms with Gasteiger partial charge in [0.25, 0.3) is 0 Å². The lowest BCUT2D eigenvalue weighted by Gasteiger charge is -2.27. The van der Waals surface area contributed by atoms with E-state index in [0.717, 1.165) is 44.6 Å². The summed E-state index contributed by atoms with van der Waals surface area (Å²) in [5, 5.41) is 11.0. The summed E-state index contributed by atoms with van der Waals surface area (Å²) in [4.78, 5) is 2.43. The van der Waals surface area contributed by atoms with Gasteiger partial charge < -0.3 is 9.84 Å². The maximum absolute atomic E-state index is 11.0. The third-order valence-electron chi connectivity index (χ3n) is 5.24. The van der Waals surface area contributed by atoms with Gasteiger partial charge in [-0.1, -0.05) is 36.4 Å². The van der Waals surface area contributed by atoms with Gasteiger partial charge in [0.2, 0.25) is 0 Å². The summed E-state index contributed by atoms with van der Waals surface area (Å²) < 4.78 is 5.92. The molecule has 1 saturated heterocycles. The molecule has 1 fully saturated rings. The van der Waals surface area contributed by atoms with Crippen molar-refractivity contribution in [1.82, 2.24) is 4.90 Å². The van der Waals surface area contributed by atoms with Crippen molar-refractivity contribution in [3.05, 3.63) is 65.2 Å². The highest BCUT2D eigenvalue weighted by Gasteiger charge is 2.31. The molecule has 3 rings (SSSR count). The van der Waals surface area contributed by atoms with Crippen LogP contribution in [0.2, 0.25) is 0 Å². The highest BCUT2D eigenvalue weighted by molar-refractivity contribution is 5.33. The van der Waals surface area contributed by atoms with Crippen LogP contribution < -0.4 is 4.74 Å². The Labute approximate surface area is 151 Å². The molecule has 1 N–H and O–H groups in total. The van der Waals surface area contributed by atoms with E-state index in [0.29, 0.717) is 6.61 Å². The molecule has 134 valence electrons. The largest absolute Gasteiger partial charge is 0.491 e. The van der Waals surface area contributed by atoms with Gasteiger partial charge in [0, 0.05) is 13.1 Å². The van der Waals surface area contributed by atoms with Gasteiger partial charge in [0.05, 0.1) is 5.60 Å². The molecule has 1 aliphatic heterocycles. The van der Waals surface area contributed by atoms with E-state index < -0.39 is 5.60 Å². The van der Waals surface area contributed by atoms with Crippen molar-refractivity contribution >= 4 is 0 Å². The molecule has 1 atom stereocenters. The van der Waals surface area contributed by atoms with Crippen LogP contribution in [0, 0.1) is 13.8 Å². The molecule has 0 amide bonds. The van der Waals surface area contributed by atoms with Gasteiger partial charge in [0.15, 0.2) is 0 Å². The van der Waals surface area contributed by atoms with E-state index in [2.05, 4.69) is 61.2 Å². The summed E-state index contributed by atoms with van der Waals surface area (Å²) >= 11 is 0. The van der Waals surface area contributed by atoms with Crippen molar-refractivity contribution in [2.24, 2.45) is 0 Å². The highest BCUT2D eigenvalue weighted by Crippen LogP contribution is 2.25. The lowest BCUT2D eigenvalue weighted by molar-refractivity contribution is -0.0168. The average Bonchev–Trinajstić information content (AvgIpc) is 2.79. The minimum absolute atomic E-state index is 0.370. The second-order valence-electron chi connectivity index (χ2n) is 7.37. The number of rotatable bonds is 5. The van der Waals surface area contributed by atoms with Crippen molar-refractivity contribution in [3.63, 3.8) is 0 Å². The predicted octanol–water partition coefficient (Wildman–Crippen LogP) is 4.10. The second kappa shape index (κ2) is 8.03. The minimum atomic E-state index is -0.732. The molecular weight excluding hydrogens is 310 g/mol. The highest BCUT2D eigenvalue weighted by atomic mass is 16.5. The zero-order valence-corrected chi connectivity index (χ0v) is 15.4. The Balaban J connectivity index is 1.54. The van der Waals surface area contributed by atoms with E-state index in [1.807, 2.05) is 6.07 Å². The Morgan fingerprint density at radius 3 is 2.56 bits per heavy atom. The molecule has 2 aromatic rings. The smallest absolute Gasteiger partial charge is 0.119 e. The summed E-state index contributed by atoms with van der Waals surface area (Å²) in [6, 6.07) is 16.7. The lowest BCUT2D eigenvalue weighted by Crippen LogP contribution is -2.37. The molecule has 1 aliphatic rings. The molecule has 0 saturated carbocycles. The van der Waals surface area contributed by atoms with E-state index in [-0.39, 0.29) is 0 Å². The van der Waals surface area contributed by atoms with Crippen molar-refractivity contribution in [2.45, 2.75) is 45.3 Å². The fraction of sp³-hybridized carbons (Fsp3) is 0.455. The van der Waals surface area contributed by atoms with E-state index >= 15 is 0 Å². The van der Waals surface area contributed by atoms with E-state index in [4.69, 9.17) is 4.74 Å². The van der Waals surface area contributed by atoms with Crippen LogP contribution in [-0.4, -0.2) is 35.3 Å². The van der Waals surface area contributed by atoms with Gasteiger partial charge in [-0.05, 0) is 68.5 Å². The number of hydrogen-bond acceptors (Lipinski definition) is 3. The van der Waals surface area contributed by atoms with Gasteiger partial charge in [-0.3, -0.25) is 4.90 Å². The first kappa shape index (κ1) is 18.0. The average molecular weight is 339 g/mol. The number of benzene rings is 2. The first-order valence-corrected chi connectivity index (χ1v) is 9.23. The molecule has 0 bridgehead atoms. The van der Waals surface area contributed by atoms with Crippen LogP contribution >= 0.6 is 0 Å². The van der Waals surface area contributed by atoms with Crippen LogP contribution in [0.4, 0.5) is 0 Å². The summed E-state index contributed by atoms with van der Waals surface area (Å²) in [6.07, 6.45) is 2.55. The molecule has 1 heterocycles. The standard InChI is InChI=1S/C22H29NO2/c1-18-9-10-21(15-19(18)2)25-17-22(24)11-6-13-23(14-12-22)16-20-7-4-3-5-8-20/h3-5,7-10,15,24H,6,11-14,16-17H2,1-2H3. The molecule has 0 aliphatic carbocycles. The van der Waals surface area contributed by atoms with Gasteiger partial charge in [-0.25, -0.2) is 0 Å². The zero-order chi connectivity index (χ0) is 17.7. The van der Waals surface area contributed by atoms with Crippen molar-refractivity contribution in [2.75, 3.05) is 19.7 Å². The van der Waals surface area contributed by atoms with Gasteiger partial charge in [0.1, 0.15) is 12.4 Å². The summed E-state index contributed by atoms with van der Waals surface area (Å²) in [6.45, 7) is 7.44. The van der Waals surface area contributed by atoms with Gasteiger partial charge in [-0.15, -0.1) is 0 Å². The molecular formula is C22H29NO2. The predicted molar refractivity (Wildman–Crippen MR) is 102 cm³/mol. The number of nitrogens with zero attached hydrogens (tertiary/aromatic N) is 1. The SMILES string of the molecule is Cc1ccc(OCC2(O)CCCN(Cc3ccccc3)CC2)cc1C. The van der Waals surface area contributed by atoms with E-state index in [1.54, 1.807) is 0 Å². The molecule has 0 aromatic heterocycles. The fourth-order valence-electron chi connectivity index (χ4n) is 3.40. The number of ether oxygens (including phenoxy) is 1. The summed E-state index contributed by atoms with van der Waals surface area (Å²) in [5.74, 6) is 0.849. The van der Waals surface area contributed by atoms with Gasteiger partial charge in [-0.2, -0.15) is 0 Å². The van der Waals surface area contributed by atoms with E-state index in [9.17, 15) is 5.11 Å². The molecule has 1 unspecified atom stereocenters. The monoisotopic (exact) mass is 339 g/mol. The van der Waals surface area contributed by atoms with Crippen LogP contribution in [0.3, 0.4) is 0 Å². The number of hydrogen-bond donors (Lipinski definition) is 1. The molecule has 0 radical (unpaired) electrons. The zero-order valence-electron chi connectivity index (χ0n) is 15.4. The van der Waals surface area contributed by atoms with Crippen molar-refractivity contribution < 1.29 is 9.84 Å². The lowest BCUT2D eigenvalue weighted by atomic mass is 9.96. The van der Waals surface area contributed by atoms with Gasteiger partial charge >= 0.3 is 0 Å². The number of aryl methyl sites for hydroxylation is 2. The van der Waals surface area contributed by atoms with Crippen LogP contribution in [0.25, 0.3) is 0 Å². The Bertz CT molecular complexity index is 686. The topological polar surface area (TPSA) is 32.7 Å². The Hall–Kier alpha value is -1.84. The van der Waals surface area contributed by atoms with Crippen LogP contribution in [0.1, 0.15) is 36.0 Å². The van der Waals surface area contributed by atoms with Crippen LogP contribution in [0.5, 0.6) is 5.75 Å². The molecule has 0 spiro atoms. The second-order valence-corrected chi connectivity index (χ2v) is 7.37. The van der Waals surface area contributed by atoms with Crippen molar-refractivity contribution in [1.29, 1.82) is 0 Å². The first-order valence-electron chi connectivity index (χ1n) is 9.23. The molecule has 3 nitrogen and oxygen atoms in total. The number of likely N-dealkylation sites (tertiary alicyclic amines) is 1.